The van der Waals surface area contributed by atoms with Gasteiger partial charge in [-0.25, -0.2) is 0 Å². The summed E-state index contributed by atoms with van der Waals surface area (Å²) in [6.45, 7) is 7.22. The molecule has 18 heavy (non-hydrogen) atoms. The van der Waals surface area contributed by atoms with Gasteiger partial charge >= 0.3 is 0 Å². The molecule has 0 aliphatic carbocycles. The molecule has 0 saturated carbocycles. The number of aromatic nitrogens is 2. The lowest BCUT2D eigenvalue weighted by Crippen LogP contribution is -2.41. The van der Waals surface area contributed by atoms with Crippen LogP contribution >= 0.6 is 0 Å². The van der Waals surface area contributed by atoms with Gasteiger partial charge in [0.25, 0.3) is 0 Å². The molecule has 1 unspecified atom stereocenters. The summed E-state index contributed by atoms with van der Waals surface area (Å²) in [7, 11) is 0. The fourth-order valence-electron chi connectivity index (χ4n) is 1.71. The van der Waals surface area contributed by atoms with Gasteiger partial charge < -0.3 is 19.5 Å². The van der Waals surface area contributed by atoms with Crippen molar-refractivity contribution < 1.29 is 14.2 Å². The zero-order chi connectivity index (χ0) is 12.8. The quantitative estimate of drug-likeness (QED) is 0.826. The first kappa shape index (κ1) is 13.0. The highest BCUT2D eigenvalue weighted by Crippen LogP contribution is 2.15. The molecular weight excluding hydrogens is 234 g/mol. The third-order valence-corrected chi connectivity index (χ3v) is 2.50. The summed E-state index contributed by atoms with van der Waals surface area (Å²) in [5, 5.41) is 3.25. The lowest BCUT2D eigenvalue weighted by molar-refractivity contribution is -0.000869. The van der Waals surface area contributed by atoms with Crippen LogP contribution in [0.25, 0.3) is 0 Å². The van der Waals surface area contributed by atoms with E-state index >= 15 is 0 Å². The second-order valence-corrected chi connectivity index (χ2v) is 4.03. The molecule has 1 aromatic rings. The van der Waals surface area contributed by atoms with Crippen LogP contribution < -0.4 is 14.8 Å². The molecule has 1 fully saturated rings. The second kappa shape index (κ2) is 6.51. The van der Waals surface area contributed by atoms with Crippen molar-refractivity contribution in [3.8, 4) is 11.8 Å². The van der Waals surface area contributed by atoms with Gasteiger partial charge in [-0.2, -0.15) is 9.97 Å². The second-order valence-electron chi connectivity index (χ2n) is 4.03. The normalized spacial score (nSPS) is 19.6. The number of hydrogen-bond acceptors (Lipinski definition) is 6. The molecule has 1 aliphatic heterocycles. The first-order valence-electron chi connectivity index (χ1n) is 6.21. The number of ether oxygens (including phenoxy) is 3. The van der Waals surface area contributed by atoms with Gasteiger partial charge in [-0.3, -0.25) is 0 Å². The minimum Gasteiger partial charge on any atom is -0.478 e. The minimum absolute atomic E-state index is 0.0737. The van der Waals surface area contributed by atoms with Crippen molar-refractivity contribution in [3.63, 3.8) is 0 Å². The molecular formula is C12H19N3O3. The fourth-order valence-corrected chi connectivity index (χ4v) is 1.71. The van der Waals surface area contributed by atoms with Crippen molar-refractivity contribution in [1.82, 2.24) is 15.3 Å². The van der Waals surface area contributed by atoms with Crippen LogP contribution in [0, 0.1) is 6.92 Å². The van der Waals surface area contributed by atoms with Crippen molar-refractivity contribution in [3.05, 3.63) is 11.9 Å². The topological polar surface area (TPSA) is 65.5 Å². The highest BCUT2D eigenvalue weighted by atomic mass is 16.5. The largest absolute Gasteiger partial charge is 0.478 e. The van der Waals surface area contributed by atoms with Crippen LogP contribution in [0.15, 0.2) is 6.07 Å². The average Bonchev–Trinajstić information content (AvgIpc) is 2.37. The van der Waals surface area contributed by atoms with E-state index in [2.05, 4.69) is 15.3 Å². The molecule has 100 valence electrons. The van der Waals surface area contributed by atoms with Crippen LogP contribution in [0.1, 0.15) is 12.7 Å². The highest BCUT2D eigenvalue weighted by Gasteiger charge is 2.14. The summed E-state index contributed by atoms with van der Waals surface area (Å²) in [4.78, 5) is 8.37. The van der Waals surface area contributed by atoms with Crippen LogP contribution in [0.5, 0.6) is 11.8 Å². The van der Waals surface area contributed by atoms with E-state index in [-0.39, 0.29) is 6.10 Å². The predicted molar refractivity (Wildman–Crippen MR) is 66.0 cm³/mol. The van der Waals surface area contributed by atoms with Gasteiger partial charge in [-0.15, -0.1) is 0 Å². The third kappa shape index (κ3) is 3.82. The number of rotatable bonds is 5. The number of nitrogens with zero attached hydrogens (tertiary/aromatic N) is 2. The summed E-state index contributed by atoms with van der Waals surface area (Å²) >= 11 is 0. The SMILES string of the molecule is CCOc1cc(OCC2CNCCO2)nc(C)n1. The fraction of sp³-hybridized carbons (Fsp3) is 0.667. The Morgan fingerprint density at radius 1 is 1.39 bits per heavy atom. The van der Waals surface area contributed by atoms with E-state index in [4.69, 9.17) is 14.2 Å². The molecule has 6 heteroatoms. The Balaban J connectivity index is 1.91. The van der Waals surface area contributed by atoms with Crippen molar-refractivity contribution in [2.24, 2.45) is 0 Å². The first-order chi connectivity index (χ1) is 8.78. The molecule has 1 aliphatic rings. The van der Waals surface area contributed by atoms with Crippen LogP contribution in [0.2, 0.25) is 0 Å². The molecule has 1 N–H and O–H groups in total. The van der Waals surface area contributed by atoms with Crippen LogP contribution in [0.3, 0.4) is 0 Å². The minimum atomic E-state index is 0.0737. The maximum absolute atomic E-state index is 5.62. The predicted octanol–water partition coefficient (Wildman–Crippen LogP) is 0.551. The molecule has 2 rings (SSSR count). The van der Waals surface area contributed by atoms with Gasteiger partial charge in [-0.1, -0.05) is 0 Å². The third-order valence-electron chi connectivity index (χ3n) is 2.50. The van der Waals surface area contributed by atoms with Crippen molar-refractivity contribution in [1.29, 1.82) is 0 Å². The Hall–Kier alpha value is -1.40. The number of nitrogens with one attached hydrogen (secondary N) is 1. The molecule has 1 atom stereocenters. The molecule has 1 aromatic heterocycles. The van der Waals surface area contributed by atoms with Crippen LogP contribution in [0.4, 0.5) is 0 Å². The van der Waals surface area contributed by atoms with E-state index in [1.165, 1.54) is 0 Å². The average molecular weight is 253 g/mol. The van der Waals surface area contributed by atoms with E-state index in [9.17, 15) is 0 Å². The maximum Gasteiger partial charge on any atom is 0.220 e. The van der Waals surface area contributed by atoms with Crippen molar-refractivity contribution in [2.75, 3.05) is 32.9 Å². The van der Waals surface area contributed by atoms with Gasteiger partial charge in [0.05, 0.1) is 19.3 Å². The van der Waals surface area contributed by atoms with Gasteiger partial charge in [-0.05, 0) is 13.8 Å². The summed E-state index contributed by atoms with van der Waals surface area (Å²) in [6.07, 6.45) is 0.0737. The van der Waals surface area contributed by atoms with E-state index < -0.39 is 0 Å². The standard InChI is InChI=1S/C12H19N3O3/c1-3-16-11-6-12(15-9(2)14-11)18-8-10-7-13-4-5-17-10/h6,10,13H,3-5,7-8H2,1-2H3. The van der Waals surface area contributed by atoms with Gasteiger partial charge in [0, 0.05) is 13.1 Å². The monoisotopic (exact) mass is 253 g/mol. The molecule has 0 bridgehead atoms. The summed E-state index contributed by atoms with van der Waals surface area (Å²) in [5.41, 5.74) is 0. The smallest absolute Gasteiger partial charge is 0.220 e. The zero-order valence-electron chi connectivity index (χ0n) is 10.8. The molecule has 2 heterocycles. The van der Waals surface area contributed by atoms with E-state index in [1.807, 2.05) is 13.8 Å². The lowest BCUT2D eigenvalue weighted by atomic mass is 10.3. The molecule has 0 radical (unpaired) electrons. The Kier molecular flexibility index (Phi) is 4.72. The Morgan fingerprint density at radius 2 is 2.17 bits per heavy atom. The van der Waals surface area contributed by atoms with Gasteiger partial charge in [0.2, 0.25) is 11.8 Å². The van der Waals surface area contributed by atoms with Gasteiger partial charge in [0.1, 0.15) is 18.5 Å². The highest BCUT2D eigenvalue weighted by molar-refractivity contribution is 5.20. The van der Waals surface area contributed by atoms with Crippen LogP contribution in [-0.4, -0.2) is 49.0 Å². The Labute approximate surface area is 107 Å². The molecule has 6 nitrogen and oxygen atoms in total. The number of aryl methyl sites for hydroxylation is 1. The number of morpholine rings is 1. The Morgan fingerprint density at radius 3 is 2.83 bits per heavy atom. The molecule has 0 amide bonds. The van der Waals surface area contributed by atoms with E-state index in [0.717, 1.165) is 19.7 Å². The number of hydrogen-bond donors (Lipinski definition) is 1. The molecule has 0 spiro atoms. The van der Waals surface area contributed by atoms with Gasteiger partial charge in [0.15, 0.2) is 0 Å². The lowest BCUT2D eigenvalue weighted by Gasteiger charge is -2.23. The van der Waals surface area contributed by atoms with Crippen molar-refractivity contribution in [2.45, 2.75) is 20.0 Å². The van der Waals surface area contributed by atoms with E-state index in [0.29, 0.717) is 30.8 Å². The Bertz CT molecular complexity index is 381. The van der Waals surface area contributed by atoms with E-state index in [1.54, 1.807) is 6.07 Å². The first-order valence-corrected chi connectivity index (χ1v) is 6.21. The summed E-state index contributed by atoms with van der Waals surface area (Å²) < 4.78 is 16.5. The summed E-state index contributed by atoms with van der Waals surface area (Å²) in [6, 6.07) is 1.70. The molecule has 0 aromatic carbocycles. The summed E-state index contributed by atoms with van der Waals surface area (Å²) in [5.74, 6) is 1.71. The van der Waals surface area contributed by atoms with Crippen LogP contribution in [-0.2, 0) is 4.74 Å². The van der Waals surface area contributed by atoms with Crippen molar-refractivity contribution >= 4 is 0 Å². The maximum atomic E-state index is 5.62. The zero-order valence-corrected chi connectivity index (χ0v) is 10.8. The molecule has 1 saturated heterocycles.